The van der Waals surface area contributed by atoms with E-state index in [-0.39, 0.29) is 17.4 Å². The number of halogens is 2. The maximum absolute atomic E-state index is 12.2. The molecule has 2 rings (SSSR count). The molecule has 0 aliphatic heterocycles. The van der Waals surface area contributed by atoms with Gasteiger partial charge >= 0.3 is 18.6 Å². The van der Waals surface area contributed by atoms with E-state index in [1.807, 2.05) is 0 Å². The van der Waals surface area contributed by atoms with Gasteiger partial charge in [0.1, 0.15) is 5.75 Å². The number of hydrogen-bond acceptors (Lipinski definition) is 6. The number of nitrogens with one attached hydrogen (secondary N) is 1. The highest BCUT2D eigenvalue weighted by Crippen LogP contribution is 2.17. The van der Waals surface area contributed by atoms with Crippen molar-refractivity contribution in [2.75, 3.05) is 11.9 Å². The Kier molecular flexibility index (Phi) is 7.64. The molecule has 0 atom stereocenters. The second kappa shape index (κ2) is 10.2. The zero-order valence-corrected chi connectivity index (χ0v) is 15.7. The van der Waals surface area contributed by atoms with Crippen LogP contribution in [-0.4, -0.2) is 37.2 Å². The van der Waals surface area contributed by atoms with Crippen molar-refractivity contribution in [2.45, 2.75) is 26.6 Å². The Balaban J connectivity index is 1.86. The predicted octanol–water partition coefficient (Wildman–Crippen LogP) is 3.65. The topological polar surface area (TPSA) is 90.9 Å². The molecule has 9 heteroatoms. The van der Waals surface area contributed by atoms with Gasteiger partial charge < -0.3 is 19.5 Å². The minimum absolute atomic E-state index is 0.0380. The number of esters is 2. The SMILES string of the molecule is CC(C)OC(=O)c1ccc(NC(=O)COC(=O)c2cccc(OC(F)F)c2)cc1. The van der Waals surface area contributed by atoms with Gasteiger partial charge in [-0.05, 0) is 56.3 Å². The van der Waals surface area contributed by atoms with Crippen LogP contribution in [0, 0.1) is 0 Å². The van der Waals surface area contributed by atoms with Crippen molar-refractivity contribution < 1.29 is 37.4 Å². The van der Waals surface area contributed by atoms with E-state index in [1.165, 1.54) is 42.5 Å². The second-order valence-electron chi connectivity index (χ2n) is 6.06. The minimum atomic E-state index is -3.02. The Morgan fingerprint density at radius 1 is 0.966 bits per heavy atom. The average Bonchev–Trinajstić information content (AvgIpc) is 2.66. The van der Waals surface area contributed by atoms with E-state index in [1.54, 1.807) is 13.8 Å². The van der Waals surface area contributed by atoms with Crippen molar-refractivity contribution >= 4 is 23.5 Å². The summed E-state index contributed by atoms with van der Waals surface area (Å²) < 4.78 is 38.6. The highest BCUT2D eigenvalue weighted by molar-refractivity contribution is 5.96. The maximum Gasteiger partial charge on any atom is 0.387 e. The second-order valence-corrected chi connectivity index (χ2v) is 6.06. The number of benzene rings is 2. The fourth-order valence-electron chi connectivity index (χ4n) is 2.18. The third kappa shape index (κ3) is 7.21. The van der Waals surface area contributed by atoms with E-state index < -0.39 is 31.1 Å². The molecule has 0 saturated heterocycles. The standard InChI is InChI=1S/C20H19F2NO6/c1-12(2)28-19(26)13-6-8-15(9-7-13)23-17(24)11-27-18(25)14-4-3-5-16(10-14)29-20(21)22/h3-10,12,20H,11H2,1-2H3,(H,23,24). The summed E-state index contributed by atoms with van der Waals surface area (Å²) in [6.07, 6.45) is -0.251. The van der Waals surface area contributed by atoms with E-state index in [4.69, 9.17) is 9.47 Å². The molecule has 0 radical (unpaired) electrons. The van der Waals surface area contributed by atoms with Crippen LogP contribution in [0.3, 0.4) is 0 Å². The van der Waals surface area contributed by atoms with Crippen molar-refractivity contribution in [1.29, 1.82) is 0 Å². The van der Waals surface area contributed by atoms with Gasteiger partial charge in [0.25, 0.3) is 5.91 Å². The first-order valence-electron chi connectivity index (χ1n) is 8.57. The van der Waals surface area contributed by atoms with Crippen molar-refractivity contribution in [2.24, 2.45) is 0 Å². The molecule has 0 aromatic heterocycles. The van der Waals surface area contributed by atoms with Crippen molar-refractivity contribution in [1.82, 2.24) is 0 Å². The van der Waals surface area contributed by atoms with Crippen molar-refractivity contribution in [3.8, 4) is 5.75 Å². The molecule has 0 spiro atoms. The fourth-order valence-corrected chi connectivity index (χ4v) is 2.18. The fraction of sp³-hybridized carbons (Fsp3) is 0.250. The van der Waals surface area contributed by atoms with Gasteiger partial charge in [-0.1, -0.05) is 6.07 Å². The van der Waals surface area contributed by atoms with Crippen LogP contribution < -0.4 is 10.1 Å². The molecular formula is C20H19F2NO6. The quantitative estimate of drug-likeness (QED) is 0.672. The Hall–Kier alpha value is -3.49. The van der Waals surface area contributed by atoms with Crippen LogP contribution >= 0.6 is 0 Å². The number of ether oxygens (including phenoxy) is 3. The third-order valence-corrected chi connectivity index (χ3v) is 3.38. The van der Waals surface area contributed by atoms with Crippen LogP contribution in [0.4, 0.5) is 14.5 Å². The lowest BCUT2D eigenvalue weighted by Crippen LogP contribution is -2.21. The van der Waals surface area contributed by atoms with Crippen LogP contribution in [0.5, 0.6) is 5.75 Å². The lowest BCUT2D eigenvalue weighted by atomic mass is 10.2. The monoisotopic (exact) mass is 407 g/mol. The molecule has 0 aliphatic rings. The van der Waals surface area contributed by atoms with Crippen LogP contribution in [0.15, 0.2) is 48.5 Å². The largest absolute Gasteiger partial charge is 0.459 e. The first kappa shape index (κ1) is 21.8. The van der Waals surface area contributed by atoms with Crippen LogP contribution in [0.2, 0.25) is 0 Å². The van der Waals surface area contributed by atoms with Crippen LogP contribution in [0.25, 0.3) is 0 Å². The third-order valence-electron chi connectivity index (χ3n) is 3.38. The maximum atomic E-state index is 12.2. The summed E-state index contributed by atoms with van der Waals surface area (Å²) in [6.45, 7) is -0.146. The average molecular weight is 407 g/mol. The lowest BCUT2D eigenvalue weighted by Gasteiger charge is -2.10. The summed E-state index contributed by atoms with van der Waals surface area (Å²) in [4.78, 5) is 35.6. The predicted molar refractivity (Wildman–Crippen MR) is 99.0 cm³/mol. The molecule has 7 nitrogen and oxygen atoms in total. The van der Waals surface area contributed by atoms with E-state index in [0.717, 1.165) is 6.07 Å². The number of rotatable bonds is 8. The molecule has 2 aromatic rings. The first-order chi connectivity index (χ1) is 13.7. The summed E-state index contributed by atoms with van der Waals surface area (Å²) in [5.41, 5.74) is 0.678. The molecular weight excluding hydrogens is 388 g/mol. The summed E-state index contributed by atoms with van der Waals surface area (Å²) in [5.74, 6) is -2.16. The van der Waals surface area contributed by atoms with E-state index in [2.05, 4.69) is 10.1 Å². The molecule has 0 saturated carbocycles. The molecule has 0 heterocycles. The molecule has 0 bridgehead atoms. The van der Waals surface area contributed by atoms with E-state index in [0.29, 0.717) is 11.3 Å². The number of amides is 1. The smallest absolute Gasteiger partial charge is 0.387 e. The number of alkyl halides is 2. The summed E-state index contributed by atoms with van der Waals surface area (Å²) in [5, 5.41) is 2.50. The zero-order valence-electron chi connectivity index (χ0n) is 15.7. The number of anilines is 1. The van der Waals surface area contributed by atoms with Crippen molar-refractivity contribution in [3.05, 3.63) is 59.7 Å². The van der Waals surface area contributed by atoms with Crippen LogP contribution in [-0.2, 0) is 14.3 Å². The Labute approximate surface area is 165 Å². The molecule has 2 aromatic carbocycles. The summed E-state index contributed by atoms with van der Waals surface area (Å²) in [6, 6.07) is 11.0. The first-order valence-corrected chi connectivity index (χ1v) is 8.57. The zero-order chi connectivity index (χ0) is 21.4. The highest BCUT2D eigenvalue weighted by Gasteiger charge is 2.13. The van der Waals surface area contributed by atoms with Gasteiger partial charge in [0.2, 0.25) is 0 Å². The van der Waals surface area contributed by atoms with Gasteiger partial charge in [-0.3, -0.25) is 4.79 Å². The molecule has 0 unspecified atom stereocenters. The van der Waals surface area contributed by atoms with Gasteiger partial charge in [-0.15, -0.1) is 0 Å². The molecule has 1 amide bonds. The molecule has 0 aliphatic carbocycles. The van der Waals surface area contributed by atoms with Crippen LogP contribution in [0.1, 0.15) is 34.6 Å². The number of carbonyl (C=O) groups is 3. The number of hydrogen-bond donors (Lipinski definition) is 1. The molecule has 154 valence electrons. The molecule has 29 heavy (non-hydrogen) atoms. The summed E-state index contributed by atoms with van der Waals surface area (Å²) >= 11 is 0. The Morgan fingerprint density at radius 2 is 1.66 bits per heavy atom. The number of carbonyl (C=O) groups excluding carboxylic acids is 3. The van der Waals surface area contributed by atoms with Gasteiger partial charge in [0, 0.05) is 5.69 Å². The van der Waals surface area contributed by atoms with Gasteiger partial charge in [-0.25, -0.2) is 9.59 Å². The normalized spacial score (nSPS) is 10.6. The molecule has 1 N–H and O–H groups in total. The van der Waals surface area contributed by atoms with Crippen molar-refractivity contribution in [3.63, 3.8) is 0 Å². The highest BCUT2D eigenvalue weighted by atomic mass is 19.3. The van der Waals surface area contributed by atoms with E-state index in [9.17, 15) is 23.2 Å². The minimum Gasteiger partial charge on any atom is -0.459 e. The molecule has 0 fully saturated rings. The van der Waals surface area contributed by atoms with Gasteiger partial charge in [-0.2, -0.15) is 8.78 Å². The van der Waals surface area contributed by atoms with E-state index >= 15 is 0 Å². The summed E-state index contributed by atoms with van der Waals surface area (Å²) in [7, 11) is 0. The van der Waals surface area contributed by atoms with Gasteiger partial charge in [0.15, 0.2) is 6.61 Å². The Morgan fingerprint density at radius 3 is 2.28 bits per heavy atom. The lowest BCUT2D eigenvalue weighted by molar-refractivity contribution is -0.119. The Bertz CT molecular complexity index is 868. The van der Waals surface area contributed by atoms with Gasteiger partial charge in [0.05, 0.1) is 17.2 Å².